The van der Waals surface area contributed by atoms with E-state index in [0.29, 0.717) is 43.4 Å². The monoisotopic (exact) mass is 556 g/mol. The third-order valence-electron chi connectivity index (χ3n) is 5.92. The molecule has 3 aromatic heterocycles. The number of carbonyl (C=O) groups is 3. The Hall–Kier alpha value is -4.28. The van der Waals surface area contributed by atoms with Gasteiger partial charge in [0.25, 0.3) is 0 Å². The van der Waals surface area contributed by atoms with Crippen molar-refractivity contribution >= 4 is 56.7 Å². The van der Waals surface area contributed by atoms with Crippen LogP contribution in [0.25, 0.3) is 22.0 Å². The van der Waals surface area contributed by atoms with Gasteiger partial charge < -0.3 is 14.6 Å². The number of aryl methyl sites for hydroxylation is 1. The molecule has 0 aliphatic rings. The fourth-order valence-corrected chi connectivity index (χ4v) is 5.79. The van der Waals surface area contributed by atoms with Gasteiger partial charge in [0.1, 0.15) is 10.6 Å². The van der Waals surface area contributed by atoms with E-state index >= 15 is 0 Å². The lowest BCUT2D eigenvalue weighted by Gasteiger charge is -2.10. The summed E-state index contributed by atoms with van der Waals surface area (Å²) in [4.78, 5) is 47.9. The number of ketones is 1. The number of ether oxygens (including phenoxy) is 1. The predicted octanol–water partition coefficient (Wildman–Crippen LogP) is 5.84. The fraction of sp³-hybridized carbons (Fsp3) is 0.138. The largest absolute Gasteiger partial charge is 0.462 e. The number of thiophene rings is 1. The van der Waals surface area contributed by atoms with E-state index < -0.39 is 5.97 Å². The maximum atomic E-state index is 13.3. The molecule has 0 fully saturated rings. The maximum Gasteiger partial charge on any atom is 0.341 e. The number of hydrogen-bond donors (Lipinski definition) is 1. The van der Waals surface area contributed by atoms with Gasteiger partial charge in [0.15, 0.2) is 5.82 Å². The highest BCUT2D eigenvalue weighted by atomic mass is 32.2. The molecule has 39 heavy (non-hydrogen) atoms. The van der Waals surface area contributed by atoms with Crippen molar-refractivity contribution in [1.29, 1.82) is 0 Å². The molecule has 0 saturated carbocycles. The Balaban J connectivity index is 1.38. The van der Waals surface area contributed by atoms with E-state index in [-0.39, 0.29) is 24.1 Å². The molecule has 5 rings (SSSR count). The number of para-hydroxylation sites is 1. The third-order valence-corrected chi connectivity index (χ3v) is 7.73. The van der Waals surface area contributed by atoms with Crippen LogP contribution in [0.5, 0.6) is 0 Å². The molecule has 3 heterocycles. The third kappa shape index (κ3) is 5.62. The zero-order chi connectivity index (χ0) is 27.4. The molecule has 0 saturated heterocycles. The minimum atomic E-state index is -0.491. The molecule has 1 N–H and O–H groups in total. The summed E-state index contributed by atoms with van der Waals surface area (Å²) in [5.41, 5.74) is 3.01. The van der Waals surface area contributed by atoms with E-state index in [1.54, 1.807) is 37.0 Å². The van der Waals surface area contributed by atoms with E-state index in [4.69, 9.17) is 4.74 Å². The minimum absolute atomic E-state index is 0.0300. The summed E-state index contributed by atoms with van der Waals surface area (Å²) in [6, 6.07) is 18.6. The topological polar surface area (TPSA) is 103 Å². The first kappa shape index (κ1) is 26.3. The van der Waals surface area contributed by atoms with Crippen LogP contribution in [0, 0.1) is 0 Å². The molecule has 0 spiro atoms. The maximum absolute atomic E-state index is 13.3. The first-order valence-corrected chi connectivity index (χ1v) is 14.0. The Labute approximate surface area is 233 Å². The number of carbonyl (C=O) groups excluding carboxylic acids is 3. The van der Waals surface area contributed by atoms with Gasteiger partial charge in [0.2, 0.25) is 11.7 Å². The molecule has 1 amide bonds. The summed E-state index contributed by atoms with van der Waals surface area (Å²) in [6.07, 6.45) is 3.30. The van der Waals surface area contributed by atoms with Gasteiger partial charge in [-0.3, -0.25) is 9.59 Å². The van der Waals surface area contributed by atoms with Crippen molar-refractivity contribution < 1.29 is 19.1 Å². The summed E-state index contributed by atoms with van der Waals surface area (Å²) in [7, 11) is 1.77. The Morgan fingerprint density at radius 2 is 1.85 bits per heavy atom. The molecular weight excluding hydrogens is 532 g/mol. The van der Waals surface area contributed by atoms with Crippen molar-refractivity contribution in [1.82, 2.24) is 14.5 Å². The summed E-state index contributed by atoms with van der Waals surface area (Å²) in [5, 5.41) is 6.37. The summed E-state index contributed by atoms with van der Waals surface area (Å²) in [6.45, 7) is 1.96. The van der Waals surface area contributed by atoms with Gasteiger partial charge in [-0.2, -0.15) is 0 Å². The molecule has 8 nitrogen and oxygen atoms in total. The number of anilines is 1. The number of nitrogens with zero attached hydrogens (tertiary/aromatic N) is 3. The van der Waals surface area contributed by atoms with Crippen LogP contribution in [0.15, 0.2) is 83.5 Å². The molecule has 0 aliphatic carbocycles. The molecule has 0 radical (unpaired) electrons. The zero-order valence-electron chi connectivity index (χ0n) is 21.2. The number of fused-ring (bicyclic) bond motifs is 1. The number of rotatable bonds is 9. The van der Waals surface area contributed by atoms with Crippen LogP contribution in [0.3, 0.4) is 0 Å². The first-order chi connectivity index (χ1) is 19.0. The minimum Gasteiger partial charge on any atom is -0.462 e. The van der Waals surface area contributed by atoms with Gasteiger partial charge in [-0.1, -0.05) is 60.3 Å². The van der Waals surface area contributed by atoms with Gasteiger partial charge >= 0.3 is 5.97 Å². The average Bonchev–Trinajstić information content (AvgIpc) is 3.57. The number of benzene rings is 2. The molecule has 5 aromatic rings. The lowest BCUT2D eigenvalue weighted by atomic mass is 10.0. The van der Waals surface area contributed by atoms with Crippen molar-refractivity contribution in [2.45, 2.75) is 11.9 Å². The van der Waals surface area contributed by atoms with Crippen LogP contribution in [-0.4, -0.2) is 44.6 Å². The van der Waals surface area contributed by atoms with Gasteiger partial charge in [0, 0.05) is 41.3 Å². The first-order valence-electron chi connectivity index (χ1n) is 12.1. The van der Waals surface area contributed by atoms with Crippen molar-refractivity contribution in [3.05, 3.63) is 95.4 Å². The van der Waals surface area contributed by atoms with Gasteiger partial charge in [0.05, 0.1) is 22.9 Å². The highest BCUT2D eigenvalue weighted by molar-refractivity contribution is 7.99. The molecule has 2 aromatic carbocycles. The summed E-state index contributed by atoms with van der Waals surface area (Å²) < 4.78 is 6.95. The molecule has 10 heteroatoms. The smallest absolute Gasteiger partial charge is 0.341 e. The summed E-state index contributed by atoms with van der Waals surface area (Å²) >= 11 is 2.48. The second-order valence-corrected chi connectivity index (χ2v) is 10.4. The number of aromatic nitrogens is 3. The Bertz CT molecular complexity index is 1680. The molecule has 0 bridgehead atoms. The quantitative estimate of drug-likeness (QED) is 0.138. The van der Waals surface area contributed by atoms with Crippen LogP contribution < -0.4 is 5.32 Å². The highest BCUT2D eigenvalue weighted by Gasteiger charge is 2.23. The van der Waals surface area contributed by atoms with Crippen molar-refractivity contribution in [2.75, 3.05) is 17.7 Å². The van der Waals surface area contributed by atoms with Gasteiger partial charge in [-0.05, 0) is 24.6 Å². The van der Waals surface area contributed by atoms with E-state index in [0.717, 1.165) is 5.56 Å². The fourth-order valence-electron chi connectivity index (χ4n) is 4.11. The van der Waals surface area contributed by atoms with Crippen LogP contribution in [0.4, 0.5) is 5.00 Å². The normalized spacial score (nSPS) is 10.9. The average molecular weight is 557 g/mol. The molecule has 0 aliphatic heterocycles. The van der Waals surface area contributed by atoms with E-state index in [1.807, 2.05) is 60.0 Å². The number of thioether (sulfide) groups is 1. The van der Waals surface area contributed by atoms with Gasteiger partial charge in [-0.25, -0.2) is 14.8 Å². The highest BCUT2D eigenvalue weighted by Crippen LogP contribution is 2.36. The Morgan fingerprint density at radius 1 is 1.08 bits per heavy atom. The molecule has 0 atom stereocenters. The number of imidazole rings is 1. The number of esters is 1. The lowest BCUT2D eigenvalue weighted by Crippen LogP contribution is -2.16. The van der Waals surface area contributed by atoms with E-state index in [9.17, 15) is 14.4 Å². The van der Waals surface area contributed by atoms with Crippen molar-refractivity contribution in [3.8, 4) is 11.1 Å². The molecule has 196 valence electrons. The van der Waals surface area contributed by atoms with Crippen LogP contribution in [-0.2, 0) is 16.6 Å². The van der Waals surface area contributed by atoms with Gasteiger partial charge in [-0.15, -0.1) is 11.3 Å². The lowest BCUT2D eigenvalue weighted by molar-refractivity contribution is -0.113. The zero-order valence-corrected chi connectivity index (χ0v) is 22.8. The standard InChI is InChI=1S/C29H24N4O4S2/c1-3-37-29(36)25-21(18-9-5-4-6-10-18)16-39-28(25)32-23(34)17-38-24-15-20(19-11-7-8-12-22(19)31-24)26(35)27-30-13-14-33(27)2/h4-16H,3,17H2,1-2H3,(H,32,34). The number of amides is 1. The second kappa shape index (κ2) is 11.6. The van der Waals surface area contributed by atoms with Crippen LogP contribution in [0.2, 0.25) is 0 Å². The Morgan fingerprint density at radius 3 is 2.59 bits per heavy atom. The molecule has 0 unspecified atom stereocenters. The van der Waals surface area contributed by atoms with Crippen LogP contribution >= 0.6 is 23.1 Å². The number of pyridine rings is 1. The van der Waals surface area contributed by atoms with Crippen LogP contribution in [0.1, 0.15) is 33.5 Å². The van der Waals surface area contributed by atoms with E-state index in [1.165, 1.54) is 23.1 Å². The number of nitrogens with one attached hydrogen (secondary N) is 1. The SMILES string of the molecule is CCOC(=O)c1c(-c2ccccc2)csc1NC(=O)CSc1cc(C(=O)c2nccn2C)c2ccccc2n1. The number of hydrogen-bond acceptors (Lipinski definition) is 8. The predicted molar refractivity (Wildman–Crippen MR) is 153 cm³/mol. The second-order valence-electron chi connectivity index (χ2n) is 8.49. The Kier molecular flexibility index (Phi) is 7.85. The summed E-state index contributed by atoms with van der Waals surface area (Å²) in [5.74, 6) is -0.674. The van der Waals surface area contributed by atoms with E-state index in [2.05, 4.69) is 15.3 Å². The van der Waals surface area contributed by atoms with Crippen molar-refractivity contribution in [3.63, 3.8) is 0 Å². The van der Waals surface area contributed by atoms with Crippen molar-refractivity contribution in [2.24, 2.45) is 7.05 Å². The molecular formula is C29H24N4O4S2.